The van der Waals surface area contributed by atoms with Crippen molar-refractivity contribution in [3.63, 3.8) is 0 Å². The van der Waals surface area contributed by atoms with Crippen molar-refractivity contribution in [2.75, 3.05) is 5.75 Å². The van der Waals surface area contributed by atoms with E-state index in [1.165, 1.54) is 31.3 Å². The fraction of sp³-hybridized carbons (Fsp3) is 0.586. The lowest BCUT2D eigenvalue weighted by Crippen LogP contribution is -2.36. The van der Waals surface area contributed by atoms with E-state index in [1.54, 1.807) is 0 Å². The van der Waals surface area contributed by atoms with Gasteiger partial charge in [0.25, 0.3) is 0 Å². The SMILES string of the molecule is C=C1/C(=C\C=C2/CCC[C@]3(C)[C@@H]([C@H](C)CC[S@](=N)(=O)c4ccccc4)CC[C@@H]23)C[C@H](O)C[C@H]1O. The first-order chi connectivity index (χ1) is 16.1. The van der Waals surface area contributed by atoms with Crippen LogP contribution in [0.2, 0.25) is 0 Å². The Balaban J connectivity index is 1.46. The standard InChI is InChI=1S/C29H41NO3S/c1-20(15-17-34(30,33)25-9-5-4-6-10-25)26-13-14-27-22(8-7-16-29(26,27)3)11-12-23-18-24(31)19-28(32)21(23)2/h4-6,9-12,20,24,26-28,30-32H,2,7-8,13-19H2,1,3H3/b22-11+,23-12-/t20-,24+,26-,27+,28-,29-,34+/m1/s1. The molecule has 3 N–H and O–H groups in total. The molecule has 0 amide bonds. The topological polar surface area (TPSA) is 81.4 Å². The summed E-state index contributed by atoms with van der Waals surface area (Å²) in [7, 11) is -2.75. The van der Waals surface area contributed by atoms with E-state index in [0.717, 1.165) is 24.0 Å². The van der Waals surface area contributed by atoms with Crippen molar-refractivity contribution in [3.8, 4) is 0 Å². The van der Waals surface area contributed by atoms with Gasteiger partial charge >= 0.3 is 0 Å². The molecule has 0 saturated heterocycles. The monoisotopic (exact) mass is 483 g/mol. The van der Waals surface area contributed by atoms with Crippen LogP contribution >= 0.6 is 0 Å². The zero-order valence-electron chi connectivity index (χ0n) is 20.7. The Morgan fingerprint density at radius 1 is 1.24 bits per heavy atom. The van der Waals surface area contributed by atoms with E-state index in [2.05, 4.69) is 32.6 Å². The second-order valence-corrected chi connectivity index (χ2v) is 13.4. The lowest BCUT2D eigenvalue weighted by atomic mass is 9.61. The van der Waals surface area contributed by atoms with Crippen LogP contribution in [0.4, 0.5) is 0 Å². The van der Waals surface area contributed by atoms with Gasteiger partial charge in [0.2, 0.25) is 0 Å². The third-order valence-corrected chi connectivity index (χ3v) is 10.8. The smallest absolute Gasteiger partial charge is 0.0811 e. The van der Waals surface area contributed by atoms with Crippen LogP contribution in [-0.2, 0) is 9.73 Å². The highest BCUT2D eigenvalue weighted by Gasteiger charge is 2.50. The first kappa shape index (κ1) is 25.4. The van der Waals surface area contributed by atoms with Gasteiger partial charge in [-0.05, 0) is 91.4 Å². The van der Waals surface area contributed by atoms with Gasteiger partial charge in [-0.2, -0.15) is 0 Å². The molecule has 0 spiro atoms. The molecule has 4 nitrogen and oxygen atoms in total. The van der Waals surface area contributed by atoms with Gasteiger partial charge in [-0.3, -0.25) is 0 Å². The van der Waals surface area contributed by atoms with Crippen molar-refractivity contribution < 1.29 is 14.4 Å². The molecule has 0 aromatic heterocycles. The highest BCUT2D eigenvalue weighted by Crippen LogP contribution is 2.59. The summed E-state index contributed by atoms with van der Waals surface area (Å²) in [4.78, 5) is 0.646. The van der Waals surface area contributed by atoms with Crippen LogP contribution in [-0.4, -0.2) is 32.4 Å². The minimum Gasteiger partial charge on any atom is -0.393 e. The number of benzene rings is 1. The molecule has 0 bridgehead atoms. The molecule has 34 heavy (non-hydrogen) atoms. The minimum absolute atomic E-state index is 0.236. The van der Waals surface area contributed by atoms with Crippen molar-refractivity contribution >= 4 is 9.73 Å². The van der Waals surface area contributed by atoms with Gasteiger partial charge < -0.3 is 10.2 Å². The maximum atomic E-state index is 13.0. The largest absolute Gasteiger partial charge is 0.393 e. The summed E-state index contributed by atoms with van der Waals surface area (Å²) in [5.74, 6) is 1.99. The van der Waals surface area contributed by atoms with E-state index in [-0.39, 0.29) is 5.41 Å². The first-order valence-electron chi connectivity index (χ1n) is 12.9. The highest BCUT2D eigenvalue weighted by atomic mass is 32.2. The normalized spacial score (nSPS) is 36.9. The molecule has 4 rings (SSSR count). The summed E-state index contributed by atoms with van der Waals surface area (Å²) in [6.45, 7) is 8.81. The average Bonchev–Trinajstić information content (AvgIpc) is 3.17. The summed E-state index contributed by atoms with van der Waals surface area (Å²) < 4.78 is 21.5. The van der Waals surface area contributed by atoms with E-state index in [1.807, 2.05) is 30.3 Å². The number of hydrogen-bond acceptors (Lipinski definition) is 4. The number of fused-ring (bicyclic) bond motifs is 1. The lowest BCUT2D eigenvalue weighted by molar-refractivity contribution is 0.0861. The van der Waals surface area contributed by atoms with Crippen LogP contribution in [0.5, 0.6) is 0 Å². The number of nitrogens with one attached hydrogen (secondary N) is 1. The molecule has 0 heterocycles. The summed E-state index contributed by atoms with van der Waals surface area (Å²) in [6.07, 6.45) is 10.8. The predicted octanol–water partition coefficient (Wildman–Crippen LogP) is 6.26. The Labute approximate surface area is 205 Å². The van der Waals surface area contributed by atoms with E-state index in [9.17, 15) is 14.4 Å². The molecule has 3 aliphatic rings. The van der Waals surface area contributed by atoms with Crippen LogP contribution in [0.1, 0.15) is 65.2 Å². The summed E-state index contributed by atoms with van der Waals surface area (Å²) >= 11 is 0. The lowest BCUT2D eigenvalue weighted by Gasteiger charge is -2.44. The second kappa shape index (κ2) is 10.1. The maximum Gasteiger partial charge on any atom is 0.0811 e. The Bertz CT molecular complexity index is 1060. The van der Waals surface area contributed by atoms with Gasteiger partial charge in [0, 0.05) is 17.1 Å². The van der Waals surface area contributed by atoms with Crippen molar-refractivity contribution in [1.82, 2.24) is 0 Å². The molecule has 3 fully saturated rings. The molecule has 3 saturated carbocycles. The van der Waals surface area contributed by atoms with Crippen LogP contribution in [0.15, 0.2) is 70.7 Å². The van der Waals surface area contributed by atoms with E-state index >= 15 is 0 Å². The maximum absolute atomic E-state index is 13.0. The number of rotatable bonds is 6. The molecule has 3 aliphatic carbocycles. The molecule has 0 radical (unpaired) electrons. The van der Waals surface area contributed by atoms with Gasteiger partial charge in [0.15, 0.2) is 0 Å². The summed E-state index contributed by atoms with van der Waals surface area (Å²) in [5.41, 5.74) is 3.45. The van der Waals surface area contributed by atoms with Crippen molar-refractivity contribution in [1.29, 1.82) is 4.78 Å². The van der Waals surface area contributed by atoms with E-state index in [4.69, 9.17) is 4.78 Å². The van der Waals surface area contributed by atoms with Gasteiger partial charge in [-0.15, -0.1) is 0 Å². The molecule has 0 aliphatic heterocycles. The number of aliphatic hydroxyl groups excluding tert-OH is 2. The van der Waals surface area contributed by atoms with Gasteiger partial charge in [-0.1, -0.05) is 56.4 Å². The molecule has 5 heteroatoms. The number of aliphatic hydroxyl groups is 2. The molecule has 1 aromatic rings. The predicted molar refractivity (Wildman–Crippen MR) is 139 cm³/mol. The van der Waals surface area contributed by atoms with Gasteiger partial charge in [0.05, 0.1) is 21.9 Å². The Morgan fingerprint density at radius 3 is 2.71 bits per heavy atom. The van der Waals surface area contributed by atoms with Gasteiger partial charge in [-0.25, -0.2) is 8.99 Å². The van der Waals surface area contributed by atoms with Crippen LogP contribution in [0.25, 0.3) is 0 Å². The third kappa shape index (κ3) is 5.12. The fourth-order valence-electron chi connectivity index (χ4n) is 6.99. The summed E-state index contributed by atoms with van der Waals surface area (Å²) in [6, 6.07) is 9.27. The highest BCUT2D eigenvalue weighted by molar-refractivity contribution is 7.92. The Morgan fingerprint density at radius 2 is 1.97 bits per heavy atom. The quantitative estimate of drug-likeness (QED) is 0.447. The Hall–Kier alpha value is -1.69. The Kier molecular flexibility index (Phi) is 7.56. The van der Waals surface area contributed by atoms with E-state index < -0.39 is 21.9 Å². The fourth-order valence-corrected chi connectivity index (χ4v) is 8.53. The molecule has 0 unspecified atom stereocenters. The molecule has 7 atom stereocenters. The molecule has 1 aromatic carbocycles. The van der Waals surface area contributed by atoms with E-state index in [0.29, 0.717) is 41.2 Å². The molecular formula is C29H41NO3S. The molecule has 186 valence electrons. The second-order valence-electron chi connectivity index (χ2n) is 11.1. The minimum atomic E-state index is -2.75. The third-order valence-electron chi connectivity index (χ3n) is 8.97. The van der Waals surface area contributed by atoms with Crippen molar-refractivity contribution in [2.45, 2.75) is 82.3 Å². The van der Waals surface area contributed by atoms with Crippen molar-refractivity contribution in [3.05, 3.63) is 65.8 Å². The van der Waals surface area contributed by atoms with Crippen LogP contribution in [0.3, 0.4) is 0 Å². The first-order valence-corrected chi connectivity index (χ1v) is 14.6. The zero-order chi connectivity index (χ0) is 24.5. The van der Waals surface area contributed by atoms with Crippen LogP contribution < -0.4 is 0 Å². The number of allylic oxidation sites excluding steroid dienone is 3. The van der Waals surface area contributed by atoms with Crippen molar-refractivity contribution in [2.24, 2.45) is 23.2 Å². The number of hydrogen-bond donors (Lipinski definition) is 3. The molecular weight excluding hydrogens is 442 g/mol. The average molecular weight is 484 g/mol. The van der Waals surface area contributed by atoms with Crippen LogP contribution in [0, 0.1) is 27.9 Å². The zero-order valence-corrected chi connectivity index (χ0v) is 21.5. The summed E-state index contributed by atoms with van der Waals surface area (Å²) in [5, 5.41) is 20.2. The van der Waals surface area contributed by atoms with Gasteiger partial charge in [0.1, 0.15) is 0 Å².